The number of piperidine rings is 1. The van der Waals surface area contributed by atoms with Gasteiger partial charge in [-0.2, -0.15) is 0 Å². The highest BCUT2D eigenvalue weighted by Crippen LogP contribution is 2.30. The molecule has 1 saturated carbocycles. The molecule has 2 amide bonds. The molecule has 1 aromatic carbocycles. The molecule has 7 heteroatoms. The van der Waals surface area contributed by atoms with Crippen molar-refractivity contribution in [1.29, 1.82) is 0 Å². The number of nitrogens with zero attached hydrogens (tertiary/aromatic N) is 2. The number of carbonyl (C=O) groups excluding carboxylic acids is 2. The first-order chi connectivity index (χ1) is 15.6. The molecule has 0 radical (unpaired) electrons. The van der Waals surface area contributed by atoms with Crippen molar-refractivity contribution in [3.05, 3.63) is 47.5 Å². The highest BCUT2D eigenvalue weighted by molar-refractivity contribution is 7.16. The van der Waals surface area contributed by atoms with Crippen molar-refractivity contribution in [2.45, 2.75) is 44.6 Å². The normalized spacial score (nSPS) is 17.7. The van der Waals surface area contributed by atoms with E-state index in [1.54, 1.807) is 7.11 Å². The van der Waals surface area contributed by atoms with Crippen LogP contribution < -0.4 is 10.1 Å². The molecule has 6 nitrogen and oxygen atoms in total. The molecule has 2 fully saturated rings. The fourth-order valence-corrected chi connectivity index (χ4v) is 5.87. The molecule has 3 aromatic rings. The molecular formula is C25H29N3O3S. The Balaban J connectivity index is 1.22. The molecule has 1 saturated heterocycles. The lowest BCUT2D eigenvalue weighted by Gasteiger charge is -2.31. The fourth-order valence-electron chi connectivity index (χ4n) is 4.90. The van der Waals surface area contributed by atoms with E-state index in [1.165, 1.54) is 24.2 Å². The fraction of sp³-hybridized carbons (Fsp3) is 0.440. The van der Waals surface area contributed by atoms with Crippen molar-refractivity contribution in [3.63, 3.8) is 0 Å². The summed E-state index contributed by atoms with van der Waals surface area (Å²) in [7, 11) is 1.67. The van der Waals surface area contributed by atoms with Crippen molar-refractivity contribution >= 4 is 34.1 Å². The van der Waals surface area contributed by atoms with Gasteiger partial charge in [0.15, 0.2) is 0 Å². The molecule has 1 aliphatic carbocycles. The van der Waals surface area contributed by atoms with Crippen LogP contribution >= 0.6 is 11.3 Å². The predicted molar refractivity (Wildman–Crippen MR) is 127 cm³/mol. The second kappa shape index (κ2) is 8.98. The first kappa shape index (κ1) is 21.1. The number of methoxy groups -OCH3 is 1. The Hall–Kier alpha value is -2.80. The van der Waals surface area contributed by atoms with Gasteiger partial charge in [-0.1, -0.05) is 12.8 Å². The Morgan fingerprint density at radius 2 is 1.81 bits per heavy atom. The number of carbonyl (C=O) groups is 2. The minimum atomic E-state index is 0.0294. The van der Waals surface area contributed by atoms with Crippen LogP contribution in [0, 0.1) is 5.92 Å². The van der Waals surface area contributed by atoms with Gasteiger partial charge in [-0.05, 0) is 62.1 Å². The van der Waals surface area contributed by atoms with E-state index in [2.05, 4.69) is 16.0 Å². The van der Waals surface area contributed by atoms with E-state index in [4.69, 9.17) is 4.74 Å². The average Bonchev–Trinajstić information content (AvgIpc) is 3.58. The molecule has 32 heavy (non-hydrogen) atoms. The number of benzene rings is 1. The number of amides is 2. The van der Waals surface area contributed by atoms with E-state index < -0.39 is 0 Å². The SMILES string of the molecule is COc1ccc2c(ccn2-c2ccc(C(=O)N3CCC(C(=O)NC4CCCC4)CC3)s2)c1. The molecule has 2 aromatic heterocycles. The Bertz CT molecular complexity index is 1120. The number of aromatic nitrogens is 1. The summed E-state index contributed by atoms with van der Waals surface area (Å²) in [4.78, 5) is 28.3. The molecule has 1 aliphatic heterocycles. The van der Waals surface area contributed by atoms with Crippen molar-refractivity contribution < 1.29 is 14.3 Å². The molecule has 3 heterocycles. The smallest absolute Gasteiger partial charge is 0.263 e. The number of nitrogens with one attached hydrogen (secondary N) is 1. The van der Waals surface area contributed by atoms with Crippen LogP contribution in [-0.2, 0) is 4.79 Å². The molecule has 0 bridgehead atoms. The number of likely N-dealkylation sites (tertiary alicyclic amines) is 1. The quantitative estimate of drug-likeness (QED) is 0.616. The highest BCUT2D eigenvalue weighted by atomic mass is 32.1. The van der Waals surface area contributed by atoms with Crippen molar-refractivity contribution in [3.8, 4) is 10.8 Å². The van der Waals surface area contributed by atoms with Crippen molar-refractivity contribution in [2.75, 3.05) is 20.2 Å². The zero-order chi connectivity index (χ0) is 22.1. The van der Waals surface area contributed by atoms with E-state index in [1.807, 2.05) is 41.4 Å². The van der Waals surface area contributed by atoms with E-state index in [0.29, 0.717) is 19.1 Å². The van der Waals surface area contributed by atoms with E-state index in [-0.39, 0.29) is 17.7 Å². The maximum absolute atomic E-state index is 13.1. The van der Waals surface area contributed by atoms with Gasteiger partial charge < -0.3 is 19.5 Å². The summed E-state index contributed by atoms with van der Waals surface area (Å²) >= 11 is 1.51. The van der Waals surface area contributed by atoms with Crippen LogP contribution in [0.1, 0.15) is 48.2 Å². The Morgan fingerprint density at radius 3 is 2.56 bits per heavy atom. The first-order valence-electron chi connectivity index (χ1n) is 11.5. The third-order valence-corrected chi connectivity index (χ3v) is 7.86. The Kier molecular flexibility index (Phi) is 5.91. The standard InChI is InChI=1S/C25H29N3O3S/c1-31-20-6-7-21-18(16-20)12-15-28(21)23-9-8-22(32-23)25(30)27-13-10-17(11-14-27)24(29)26-19-4-2-3-5-19/h6-9,12,15-17,19H,2-5,10-11,13-14H2,1H3,(H,26,29). The average molecular weight is 452 g/mol. The maximum atomic E-state index is 13.1. The number of hydrogen-bond acceptors (Lipinski definition) is 4. The number of thiophene rings is 1. The molecule has 0 spiro atoms. The second-order valence-corrected chi connectivity index (χ2v) is 9.87. The number of fused-ring (bicyclic) bond motifs is 1. The van der Waals surface area contributed by atoms with Crippen LogP contribution in [0.15, 0.2) is 42.6 Å². The van der Waals surface area contributed by atoms with Gasteiger partial charge >= 0.3 is 0 Å². The minimum Gasteiger partial charge on any atom is -0.497 e. The molecule has 0 unspecified atom stereocenters. The Labute approximate surface area is 192 Å². The summed E-state index contributed by atoms with van der Waals surface area (Å²) in [5, 5.41) is 5.33. The van der Waals surface area contributed by atoms with E-state index >= 15 is 0 Å². The van der Waals surface area contributed by atoms with Gasteiger partial charge in [-0.15, -0.1) is 11.3 Å². The van der Waals surface area contributed by atoms with Crippen molar-refractivity contribution in [2.24, 2.45) is 5.92 Å². The van der Waals surface area contributed by atoms with Gasteiger partial charge in [0.25, 0.3) is 5.91 Å². The van der Waals surface area contributed by atoms with Gasteiger partial charge in [-0.25, -0.2) is 0 Å². The highest BCUT2D eigenvalue weighted by Gasteiger charge is 2.30. The lowest BCUT2D eigenvalue weighted by atomic mass is 9.95. The van der Waals surface area contributed by atoms with E-state index in [9.17, 15) is 9.59 Å². The minimum absolute atomic E-state index is 0.0294. The van der Waals surface area contributed by atoms with Gasteiger partial charge in [0.1, 0.15) is 10.8 Å². The predicted octanol–water partition coefficient (Wildman–Crippen LogP) is 4.61. The first-order valence-corrected chi connectivity index (χ1v) is 12.3. The van der Waals surface area contributed by atoms with Crippen LogP contribution in [-0.4, -0.2) is 47.5 Å². The van der Waals surface area contributed by atoms with Crippen molar-refractivity contribution in [1.82, 2.24) is 14.8 Å². The third kappa shape index (κ3) is 4.13. The summed E-state index contributed by atoms with van der Waals surface area (Å²) in [5.74, 6) is 1.10. The molecule has 0 atom stereocenters. The van der Waals surface area contributed by atoms with Crippen LogP contribution in [0.4, 0.5) is 0 Å². The lowest BCUT2D eigenvalue weighted by molar-refractivity contribution is -0.127. The topological polar surface area (TPSA) is 63.6 Å². The van der Waals surface area contributed by atoms with Crippen LogP contribution in [0.2, 0.25) is 0 Å². The van der Waals surface area contributed by atoms with E-state index in [0.717, 1.165) is 52.2 Å². The van der Waals surface area contributed by atoms with Gasteiger partial charge in [0, 0.05) is 36.6 Å². The van der Waals surface area contributed by atoms with Gasteiger partial charge in [-0.3, -0.25) is 9.59 Å². The number of rotatable bonds is 5. The molecule has 2 aliphatic rings. The second-order valence-electron chi connectivity index (χ2n) is 8.80. The summed E-state index contributed by atoms with van der Waals surface area (Å²) in [6.45, 7) is 1.28. The largest absolute Gasteiger partial charge is 0.497 e. The third-order valence-electron chi connectivity index (χ3n) is 6.79. The van der Waals surface area contributed by atoms with Crippen LogP contribution in [0.3, 0.4) is 0 Å². The zero-order valence-corrected chi connectivity index (χ0v) is 19.2. The van der Waals surface area contributed by atoms with Gasteiger partial charge in [0.05, 0.1) is 17.5 Å². The monoisotopic (exact) mass is 451 g/mol. The molecule has 168 valence electrons. The summed E-state index contributed by atoms with van der Waals surface area (Å²) in [6.07, 6.45) is 8.15. The zero-order valence-electron chi connectivity index (χ0n) is 18.4. The van der Waals surface area contributed by atoms with Crippen LogP contribution in [0.25, 0.3) is 15.9 Å². The summed E-state index contributed by atoms with van der Waals surface area (Å²) < 4.78 is 7.42. The summed E-state index contributed by atoms with van der Waals surface area (Å²) in [6, 6.07) is 12.3. The lowest BCUT2D eigenvalue weighted by Crippen LogP contribution is -2.44. The maximum Gasteiger partial charge on any atom is 0.263 e. The molecular weight excluding hydrogens is 422 g/mol. The van der Waals surface area contributed by atoms with Gasteiger partial charge in [0.2, 0.25) is 5.91 Å². The summed E-state index contributed by atoms with van der Waals surface area (Å²) in [5.41, 5.74) is 1.08. The number of hydrogen-bond donors (Lipinski definition) is 1. The molecule has 1 N–H and O–H groups in total. The number of ether oxygens (including phenoxy) is 1. The molecule has 5 rings (SSSR count). The Morgan fingerprint density at radius 1 is 1.03 bits per heavy atom. The van der Waals surface area contributed by atoms with Crippen LogP contribution in [0.5, 0.6) is 5.75 Å².